The van der Waals surface area contributed by atoms with Gasteiger partial charge in [0.25, 0.3) is 0 Å². The summed E-state index contributed by atoms with van der Waals surface area (Å²) < 4.78 is 12.1. The SMILES string of the molecule is CCO[Si](C)(CCCNC(=O)Nc1ccc2[nH]c(=S)[nH]c2c1)OCC. The highest BCUT2D eigenvalue weighted by molar-refractivity contribution is 7.71. The lowest BCUT2D eigenvalue weighted by atomic mass is 10.3. The van der Waals surface area contributed by atoms with Crippen molar-refractivity contribution in [3.63, 3.8) is 0 Å². The molecule has 7 nitrogen and oxygen atoms in total. The molecule has 1 heterocycles. The van der Waals surface area contributed by atoms with Crippen molar-refractivity contribution in [3.05, 3.63) is 23.0 Å². The summed E-state index contributed by atoms with van der Waals surface area (Å²) in [5.74, 6) is 0. The number of urea groups is 1. The molecule has 0 saturated carbocycles. The van der Waals surface area contributed by atoms with Gasteiger partial charge in [-0.2, -0.15) is 0 Å². The summed E-state index contributed by atoms with van der Waals surface area (Å²) in [4.78, 5) is 18.1. The first-order valence-corrected chi connectivity index (χ1v) is 11.4. The van der Waals surface area contributed by atoms with E-state index in [2.05, 4.69) is 27.1 Å². The Hall–Kier alpha value is -1.68. The summed E-state index contributed by atoms with van der Waals surface area (Å²) in [5, 5.41) is 5.69. The summed E-state index contributed by atoms with van der Waals surface area (Å²) in [6.45, 7) is 7.90. The van der Waals surface area contributed by atoms with Crippen LogP contribution in [-0.2, 0) is 8.85 Å². The van der Waals surface area contributed by atoms with E-state index in [0.29, 0.717) is 30.2 Å². The number of amides is 2. The Morgan fingerprint density at radius 2 is 1.88 bits per heavy atom. The topological polar surface area (TPSA) is 91.2 Å². The van der Waals surface area contributed by atoms with Gasteiger partial charge in [0.1, 0.15) is 0 Å². The highest BCUT2D eigenvalue weighted by atomic mass is 32.1. The van der Waals surface area contributed by atoms with Crippen LogP contribution in [0.3, 0.4) is 0 Å². The van der Waals surface area contributed by atoms with Gasteiger partial charge >= 0.3 is 14.6 Å². The number of aromatic nitrogens is 2. The Labute approximate surface area is 153 Å². The highest BCUT2D eigenvalue weighted by Gasteiger charge is 2.29. The van der Waals surface area contributed by atoms with Crippen LogP contribution in [0.1, 0.15) is 20.3 Å². The van der Waals surface area contributed by atoms with E-state index in [9.17, 15) is 4.79 Å². The van der Waals surface area contributed by atoms with Crippen molar-refractivity contribution in [2.24, 2.45) is 0 Å². The van der Waals surface area contributed by atoms with Crippen LogP contribution in [0.15, 0.2) is 18.2 Å². The zero-order chi connectivity index (χ0) is 18.3. The molecule has 1 aromatic heterocycles. The van der Waals surface area contributed by atoms with Gasteiger partial charge in [-0.25, -0.2) is 4.79 Å². The molecule has 25 heavy (non-hydrogen) atoms. The van der Waals surface area contributed by atoms with Gasteiger partial charge in [0.15, 0.2) is 4.77 Å². The van der Waals surface area contributed by atoms with Crippen molar-refractivity contribution in [3.8, 4) is 0 Å². The monoisotopic (exact) mass is 382 g/mol. The molecular weight excluding hydrogens is 356 g/mol. The van der Waals surface area contributed by atoms with Crippen LogP contribution >= 0.6 is 12.2 Å². The predicted molar refractivity (Wildman–Crippen MR) is 105 cm³/mol. The Balaban J connectivity index is 1.78. The second-order valence-corrected chi connectivity index (χ2v) is 9.58. The standard InChI is InChI=1S/C16H26N4O3SSi/c1-4-22-25(3,23-5-2)10-6-9-17-15(21)18-12-7-8-13-14(11-12)20-16(24)19-13/h7-8,11H,4-6,9-10H2,1-3H3,(H2,17,18,21)(H2,19,20,24). The molecule has 0 radical (unpaired) electrons. The Bertz CT molecular complexity index is 755. The van der Waals surface area contributed by atoms with Crippen LogP contribution in [0.2, 0.25) is 12.6 Å². The summed E-state index contributed by atoms with van der Waals surface area (Å²) in [5.41, 5.74) is 2.48. The zero-order valence-corrected chi connectivity index (χ0v) is 16.7. The smallest absolute Gasteiger partial charge is 0.334 e. The van der Waals surface area contributed by atoms with Gasteiger partial charge in [0.05, 0.1) is 11.0 Å². The van der Waals surface area contributed by atoms with E-state index in [0.717, 1.165) is 23.5 Å². The largest absolute Gasteiger partial charge is 0.395 e. The van der Waals surface area contributed by atoms with Crippen molar-refractivity contribution in [2.45, 2.75) is 32.9 Å². The van der Waals surface area contributed by atoms with Gasteiger partial charge in [-0.3, -0.25) is 0 Å². The number of anilines is 1. The lowest BCUT2D eigenvalue weighted by molar-refractivity contribution is 0.188. The van der Waals surface area contributed by atoms with Crippen LogP contribution in [0.4, 0.5) is 10.5 Å². The Morgan fingerprint density at radius 3 is 2.56 bits per heavy atom. The van der Waals surface area contributed by atoms with E-state index < -0.39 is 8.56 Å². The number of imidazole rings is 1. The average molecular weight is 383 g/mol. The second-order valence-electron chi connectivity index (χ2n) is 5.82. The molecule has 0 unspecified atom stereocenters. The molecule has 0 aliphatic rings. The molecule has 9 heteroatoms. The van der Waals surface area contributed by atoms with E-state index in [-0.39, 0.29) is 6.03 Å². The van der Waals surface area contributed by atoms with Crippen molar-refractivity contribution in [1.29, 1.82) is 0 Å². The minimum Gasteiger partial charge on any atom is -0.395 e. The average Bonchev–Trinajstić information content (AvgIpc) is 2.91. The molecule has 138 valence electrons. The van der Waals surface area contributed by atoms with Gasteiger partial charge in [-0.1, -0.05) is 0 Å². The maximum atomic E-state index is 12.0. The molecule has 0 aliphatic carbocycles. The van der Waals surface area contributed by atoms with Gasteiger partial charge in [-0.05, 0) is 63.3 Å². The van der Waals surface area contributed by atoms with Crippen molar-refractivity contribution in [1.82, 2.24) is 15.3 Å². The van der Waals surface area contributed by atoms with E-state index >= 15 is 0 Å². The number of H-pyrrole nitrogens is 2. The molecule has 2 rings (SSSR count). The van der Waals surface area contributed by atoms with Gasteiger partial charge < -0.3 is 29.5 Å². The van der Waals surface area contributed by atoms with Crippen molar-refractivity contribution < 1.29 is 13.6 Å². The molecule has 1 aromatic carbocycles. The number of carbonyl (C=O) groups excluding carboxylic acids is 1. The third-order valence-electron chi connectivity index (χ3n) is 3.77. The minimum atomic E-state index is -2.11. The highest BCUT2D eigenvalue weighted by Crippen LogP contribution is 2.17. The fraction of sp³-hybridized carbons (Fsp3) is 0.500. The number of rotatable bonds is 9. The molecule has 2 aromatic rings. The summed E-state index contributed by atoms with van der Waals surface area (Å²) in [6, 6.07) is 6.16. The fourth-order valence-electron chi connectivity index (χ4n) is 2.69. The Morgan fingerprint density at radius 1 is 1.20 bits per heavy atom. The lowest BCUT2D eigenvalue weighted by Crippen LogP contribution is -2.39. The summed E-state index contributed by atoms with van der Waals surface area (Å²) in [6.07, 6.45) is 0.820. The van der Waals surface area contributed by atoms with E-state index in [1.807, 2.05) is 32.0 Å². The van der Waals surface area contributed by atoms with E-state index in [1.165, 1.54) is 0 Å². The summed E-state index contributed by atoms with van der Waals surface area (Å²) >= 11 is 5.05. The molecule has 0 saturated heterocycles. The molecule has 0 atom stereocenters. The van der Waals surface area contributed by atoms with E-state index in [4.69, 9.17) is 21.1 Å². The first-order valence-electron chi connectivity index (χ1n) is 8.50. The molecule has 4 N–H and O–H groups in total. The maximum absolute atomic E-state index is 12.0. The van der Waals surface area contributed by atoms with Crippen molar-refractivity contribution in [2.75, 3.05) is 25.1 Å². The molecule has 0 aliphatic heterocycles. The van der Waals surface area contributed by atoms with Gasteiger partial charge in [0, 0.05) is 25.4 Å². The van der Waals surface area contributed by atoms with Crippen LogP contribution in [-0.4, -0.2) is 44.3 Å². The molecule has 0 spiro atoms. The van der Waals surface area contributed by atoms with Crippen LogP contribution in [0.25, 0.3) is 11.0 Å². The first kappa shape index (κ1) is 19.6. The molecular formula is C16H26N4O3SSi. The zero-order valence-electron chi connectivity index (χ0n) is 14.9. The maximum Gasteiger partial charge on any atom is 0.334 e. The summed E-state index contributed by atoms with van der Waals surface area (Å²) in [7, 11) is -2.11. The number of aromatic amines is 2. The quantitative estimate of drug-likeness (QED) is 0.301. The number of carbonyl (C=O) groups is 1. The van der Waals surface area contributed by atoms with Crippen LogP contribution in [0, 0.1) is 4.77 Å². The number of fused-ring (bicyclic) bond motifs is 1. The van der Waals surface area contributed by atoms with Gasteiger partial charge in [-0.15, -0.1) is 0 Å². The minimum absolute atomic E-state index is 0.232. The number of hydrogen-bond donors (Lipinski definition) is 4. The number of benzene rings is 1. The normalized spacial score (nSPS) is 11.6. The van der Waals surface area contributed by atoms with Gasteiger partial charge in [0.2, 0.25) is 0 Å². The molecule has 2 amide bonds. The molecule has 0 bridgehead atoms. The van der Waals surface area contributed by atoms with Crippen molar-refractivity contribution >= 4 is 43.5 Å². The van der Waals surface area contributed by atoms with E-state index in [1.54, 1.807) is 0 Å². The molecule has 0 fully saturated rings. The number of nitrogens with one attached hydrogen (secondary N) is 4. The van der Waals surface area contributed by atoms with Crippen LogP contribution < -0.4 is 10.6 Å². The lowest BCUT2D eigenvalue weighted by Gasteiger charge is -2.25. The number of hydrogen-bond acceptors (Lipinski definition) is 4. The third-order valence-corrected chi connectivity index (χ3v) is 7.03. The fourth-order valence-corrected chi connectivity index (χ4v) is 5.33. The van der Waals surface area contributed by atoms with Crippen LogP contribution in [0.5, 0.6) is 0 Å². The third kappa shape index (κ3) is 5.96. The predicted octanol–water partition coefficient (Wildman–Crippen LogP) is 3.88. The second kappa shape index (κ2) is 9.14. The Kier molecular flexibility index (Phi) is 7.18. The first-order chi connectivity index (χ1) is 12.0.